The Bertz CT molecular complexity index is 963. The summed E-state index contributed by atoms with van der Waals surface area (Å²) >= 11 is 0. The van der Waals surface area contributed by atoms with E-state index in [2.05, 4.69) is 40.7 Å². The smallest absolute Gasteiger partial charge is 0.310 e. The molecule has 13 atom stereocenters. The number of aliphatic carboxylic acids is 1. The van der Waals surface area contributed by atoms with Crippen LogP contribution in [0.2, 0.25) is 0 Å². The largest absolute Gasteiger partial charge is 0.481 e. The highest BCUT2D eigenvalue weighted by molar-refractivity contribution is 5.76. The van der Waals surface area contributed by atoms with Crippen LogP contribution in [-0.2, 0) is 4.79 Å². The van der Waals surface area contributed by atoms with Gasteiger partial charge < -0.3 is 25.5 Å². The van der Waals surface area contributed by atoms with E-state index in [0.717, 1.165) is 25.7 Å². The molecular weight excluding hydrogens is 456 g/mol. The van der Waals surface area contributed by atoms with Crippen LogP contribution in [0, 0.1) is 56.7 Å². The van der Waals surface area contributed by atoms with Gasteiger partial charge in [0.05, 0.1) is 30.3 Å². The van der Waals surface area contributed by atoms with Crippen molar-refractivity contribution in [2.45, 2.75) is 105 Å². The van der Waals surface area contributed by atoms with E-state index in [9.17, 15) is 30.3 Å². The minimum Gasteiger partial charge on any atom is -0.481 e. The van der Waals surface area contributed by atoms with Gasteiger partial charge in [-0.1, -0.05) is 53.2 Å². The molecule has 5 aliphatic rings. The highest BCUT2D eigenvalue weighted by atomic mass is 16.4. The van der Waals surface area contributed by atoms with Crippen molar-refractivity contribution in [3.63, 3.8) is 0 Å². The Morgan fingerprint density at radius 3 is 2.28 bits per heavy atom. The number of rotatable bonds is 2. The number of carboxylic acid groups (broad SMARTS) is 1. The van der Waals surface area contributed by atoms with E-state index in [4.69, 9.17) is 0 Å². The van der Waals surface area contributed by atoms with Crippen molar-refractivity contribution < 1.29 is 30.3 Å². The summed E-state index contributed by atoms with van der Waals surface area (Å²) in [4.78, 5) is 12.8. The summed E-state index contributed by atoms with van der Waals surface area (Å²) in [5.74, 6) is -0.0914. The fourth-order valence-electron chi connectivity index (χ4n) is 11.2. The van der Waals surface area contributed by atoms with Gasteiger partial charge in [0.15, 0.2) is 0 Å². The van der Waals surface area contributed by atoms with Gasteiger partial charge in [0.2, 0.25) is 0 Å². The number of carbonyl (C=O) groups is 1. The van der Waals surface area contributed by atoms with Crippen LogP contribution in [0.3, 0.4) is 0 Å². The minimum atomic E-state index is -1.08. The summed E-state index contributed by atoms with van der Waals surface area (Å²) in [7, 11) is 0. The van der Waals surface area contributed by atoms with E-state index in [0.29, 0.717) is 25.2 Å². The van der Waals surface area contributed by atoms with Gasteiger partial charge in [-0.25, -0.2) is 0 Å². The average Bonchev–Trinajstić information content (AvgIpc) is 2.80. The lowest BCUT2D eigenvalue weighted by Crippen LogP contribution is -2.71. The normalized spacial score (nSPS) is 58.6. The molecule has 0 spiro atoms. The molecule has 6 nitrogen and oxygen atoms in total. The Hall–Kier alpha value is -0.950. The first-order valence-corrected chi connectivity index (χ1v) is 14.2. The molecular formula is C30H48O6. The predicted molar refractivity (Wildman–Crippen MR) is 137 cm³/mol. The molecule has 0 aliphatic heterocycles. The SMILES string of the molecule is C[C@H]1[C@H](C)CC[C@]2(C(=O)O)CC[C@]3(C)C(=CC[C@H]4[C@@]5(C)C[C@@H](O)[C@H](O)[C@@](C)(CO)[C@@H]5[C@H](O)C[C@]43C)[C@H]12. The lowest BCUT2D eigenvalue weighted by Gasteiger charge is -2.72. The molecule has 0 aromatic carbocycles. The molecule has 5 N–H and O–H groups in total. The molecule has 5 rings (SSSR count). The highest BCUT2D eigenvalue weighted by Gasteiger charge is 2.72. The second kappa shape index (κ2) is 8.03. The lowest BCUT2D eigenvalue weighted by molar-refractivity contribution is -0.273. The number of hydrogen-bond acceptors (Lipinski definition) is 5. The fourth-order valence-corrected chi connectivity index (χ4v) is 11.2. The Balaban J connectivity index is 1.65. The van der Waals surface area contributed by atoms with Gasteiger partial charge in [-0.05, 0) is 84.9 Å². The Labute approximate surface area is 216 Å². The van der Waals surface area contributed by atoms with Gasteiger partial charge >= 0.3 is 5.97 Å². The van der Waals surface area contributed by atoms with Crippen LogP contribution in [-0.4, -0.2) is 56.4 Å². The van der Waals surface area contributed by atoms with E-state index in [1.807, 2.05) is 6.92 Å². The molecule has 0 aromatic rings. The fraction of sp³-hybridized carbons (Fsp3) is 0.900. The van der Waals surface area contributed by atoms with Crippen molar-refractivity contribution in [2.24, 2.45) is 56.7 Å². The molecule has 0 unspecified atom stereocenters. The Morgan fingerprint density at radius 2 is 1.67 bits per heavy atom. The van der Waals surface area contributed by atoms with Gasteiger partial charge in [0.25, 0.3) is 0 Å². The number of aliphatic hydroxyl groups excluding tert-OH is 4. The zero-order chi connectivity index (χ0) is 26.6. The highest BCUT2D eigenvalue weighted by Crippen LogP contribution is 2.75. The van der Waals surface area contributed by atoms with Crippen LogP contribution in [0.4, 0.5) is 0 Å². The average molecular weight is 505 g/mol. The summed E-state index contributed by atoms with van der Waals surface area (Å²) in [6.45, 7) is 12.8. The molecule has 5 aliphatic carbocycles. The van der Waals surface area contributed by atoms with Crippen LogP contribution >= 0.6 is 0 Å². The number of carboxylic acids is 1. The summed E-state index contributed by atoms with van der Waals surface area (Å²) in [5, 5.41) is 54.7. The van der Waals surface area contributed by atoms with Crippen LogP contribution in [0.15, 0.2) is 11.6 Å². The number of allylic oxidation sites excluding steroid dienone is 2. The quantitative estimate of drug-likeness (QED) is 0.363. The van der Waals surface area contributed by atoms with E-state index in [1.165, 1.54) is 5.57 Å². The van der Waals surface area contributed by atoms with Crippen molar-refractivity contribution in [1.29, 1.82) is 0 Å². The van der Waals surface area contributed by atoms with Crippen molar-refractivity contribution in [3.05, 3.63) is 11.6 Å². The molecule has 36 heavy (non-hydrogen) atoms. The third-order valence-electron chi connectivity index (χ3n) is 13.4. The molecule has 0 heterocycles. The number of hydrogen-bond donors (Lipinski definition) is 5. The first-order valence-electron chi connectivity index (χ1n) is 14.2. The molecule has 0 amide bonds. The summed E-state index contributed by atoms with van der Waals surface area (Å²) in [6.07, 6.45) is 4.44. The predicted octanol–water partition coefficient (Wildman–Crippen LogP) is 4.00. The van der Waals surface area contributed by atoms with Gasteiger partial charge in [-0.15, -0.1) is 0 Å². The lowest BCUT2D eigenvalue weighted by atomic mass is 9.32. The topological polar surface area (TPSA) is 118 Å². The van der Waals surface area contributed by atoms with E-state index >= 15 is 0 Å². The van der Waals surface area contributed by atoms with Gasteiger partial charge in [0, 0.05) is 11.3 Å². The van der Waals surface area contributed by atoms with Crippen molar-refractivity contribution >= 4 is 5.97 Å². The van der Waals surface area contributed by atoms with Crippen molar-refractivity contribution in [3.8, 4) is 0 Å². The molecule has 0 bridgehead atoms. The standard InChI is InChI=1S/C30H48O6/c1-16-9-10-30(25(35)36)12-11-28(5)18(22(30)17(16)2)7-8-21-26(3)13-20(33)24(34)27(4,15-31)23(26)19(32)14-29(21,28)6/h7,16-17,19-24,31-34H,8-15H2,1-6H3,(H,35,36)/t16-,17+,19-,20-,21+,22+,23-,24+,26-,27+,28-,29-,30+/m1/s1. The maximum Gasteiger partial charge on any atom is 0.310 e. The second-order valence-corrected chi connectivity index (χ2v) is 14.6. The first-order chi connectivity index (χ1) is 16.6. The van der Waals surface area contributed by atoms with Gasteiger partial charge in [-0.3, -0.25) is 4.79 Å². The minimum absolute atomic E-state index is 0.000534. The van der Waals surface area contributed by atoms with Crippen molar-refractivity contribution in [1.82, 2.24) is 0 Å². The Morgan fingerprint density at radius 1 is 1.00 bits per heavy atom. The van der Waals surface area contributed by atoms with E-state index in [1.54, 1.807) is 0 Å². The zero-order valence-electron chi connectivity index (χ0n) is 23.0. The molecule has 0 radical (unpaired) electrons. The molecule has 204 valence electrons. The van der Waals surface area contributed by atoms with Crippen LogP contribution < -0.4 is 0 Å². The van der Waals surface area contributed by atoms with Gasteiger partial charge in [-0.2, -0.15) is 0 Å². The molecule has 4 fully saturated rings. The molecule has 0 aromatic heterocycles. The van der Waals surface area contributed by atoms with Crippen molar-refractivity contribution in [2.75, 3.05) is 6.61 Å². The summed E-state index contributed by atoms with van der Waals surface area (Å²) < 4.78 is 0. The van der Waals surface area contributed by atoms with E-state index < -0.39 is 40.5 Å². The zero-order valence-corrected chi connectivity index (χ0v) is 23.0. The molecule has 0 saturated heterocycles. The number of fused-ring (bicyclic) bond motifs is 7. The van der Waals surface area contributed by atoms with E-state index in [-0.39, 0.29) is 41.1 Å². The third-order valence-corrected chi connectivity index (χ3v) is 13.4. The van der Waals surface area contributed by atoms with Crippen LogP contribution in [0.5, 0.6) is 0 Å². The Kier molecular flexibility index (Phi) is 5.95. The third kappa shape index (κ3) is 2.96. The van der Waals surface area contributed by atoms with Crippen LogP contribution in [0.1, 0.15) is 86.5 Å². The first kappa shape index (κ1) is 26.6. The summed E-state index contributed by atoms with van der Waals surface area (Å²) in [6, 6.07) is 0. The van der Waals surface area contributed by atoms with Gasteiger partial charge in [0.1, 0.15) is 0 Å². The van der Waals surface area contributed by atoms with Crippen LogP contribution in [0.25, 0.3) is 0 Å². The molecule has 6 heteroatoms. The molecule has 4 saturated carbocycles. The summed E-state index contributed by atoms with van der Waals surface area (Å²) in [5.41, 5.74) is -1.41. The maximum atomic E-state index is 12.8. The maximum absolute atomic E-state index is 12.8. The second-order valence-electron chi connectivity index (χ2n) is 14.6. The monoisotopic (exact) mass is 504 g/mol. The number of aliphatic hydroxyl groups is 4.